The van der Waals surface area contributed by atoms with Crippen molar-refractivity contribution in [3.63, 3.8) is 0 Å². The fourth-order valence-electron chi connectivity index (χ4n) is 2.33. The minimum Gasteiger partial charge on any atom is -0.368 e. The Bertz CT molecular complexity index is 814. The van der Waals surface area contributed by atoms with Gasteiger partial charge in [-0.05, 0) is 42.7 Å². The first-order chi connectivity index (χ1) is 11.7. The Labute approximate surface area is 150 Å². The molecule has 124 valence electrons. The van der Waals surface area contributed by atoms with Gasteiger partial charge in [0.25, 0.3) is 0 Å². The van der Waals surface area contributed by atoms with Gasteiger partial charge in [-0.2, -0.15) is 5.10 Å². The number of aryl methyl sites for hydroxylation is 1. The van der Waals surface area contributed by atoms with E-state index >= 15 is 0 Å². The second kappa shape index (κ2) is 7.64. The predicted octanol–water partition coefficient (Wildman–Crippen LogP) is 4.19. The number of hydrogen-bond acceptors (Lipinski definition) is 4. The van der Waals surface area contributed by atoms with Gasteiger partial charge in [-0.3, -0.25) is 0 Å². The van der Waals surface area contributed by atoms with Gasteiger partial charge in [-0.15, -0.1) is 0 Å². The van der Waals surface area contributed by atoms with Crippen LogP contribution in [-0.4, -0.2) is 26.3 Å². The van der Waals surface area contributed by atoms with E-state index in [0.717, 1.165) is 29.8 Å². The summed E-state index contributed by atoms with van der Waals surface area (Å²) in [4.78, 5) is 8.35. The number of anilines is 1. The third-order valence-corrected chi connectivity index (χ3v) is 4.28. The lowest BCUT2D eigenvalue weighted by Gasteiger charge is -2.08. The minimum absolute atomic E-state index is 0.594. The van der Waals surface area contributed by atoms with Gasteiger partial charge >= 0.3 is 0 Å². The van der Waals surface area contributed by atoms with Crippen molar-refractivity contribution in [2.24, 2.45) is 0 Å². The summed E-state index contributed by atoms with van der Waals surface area (Å²) in [5, 5.41) is 8.94. The maximum absolute atomic E-state index is 6.27. The highest BCUT2D eigenvalue weighted by Crippen LogP contribution is 2.22. The van der Waals surface area contributed by atoms with Gasteiger partial charge in [0, 0.05) is 17.8 Å². The van der Waals surface area contributed by atoms with Crippen molar-refractivity contribution in [2.45, 2.75) is 19.8 Å². The summed E-state index contributed by atoms with van der Waals surface area (Å²) in [5.41, 5.74) is 2.95. The molecular formula is C17H17Cl2N5. The van der Waals surface area contributed by atoms with Gasteiger partial charge in [0.05, 0.1) is 17.6 Å². The molecule has 2 heterocycles. The summed E-state index contributed by atoms with van der Waals surface area (Å²) in [6.07, 6.45) is 6.99. The van der Waals surface area contributed by atoms with E-state index in [9.17, 15) is 0 Å². The van der Waals surface area contributed by atoms with E-state index < -0.39 is 0 Å². The quantitative estimate of drug-likeness (QED) is 0.715. The molecule has 0 atom stereocenters. The van der Waals surface area contributed by atoms with Gasteiger partial charge in [-0.25, -0.2) is 14.6 Å². The largest absolute Gasteiger partial charge is 0.368 e. The molecule has 0 saturated heterocycles. The fraction of sp³-hybridized carbons (Fsp3) is 0.235. The van der Waals surface area contributed by atoms with Crippen LogP contribution < -0.4 is 5.32 Å². The van der Waals surface area contributed by atoms with E-state index in [2.05, 4.69) is 20.4 Å². The molecule has 7 heteroatoms. The first-order valence-corrected chi connectivity index (χ1v) is 8.45. The van der Waals surface area contributed by atoms with Gasteiger partial charge in [0.1, 0.15) is 17.2 Å². The lowest BCUT2D eigenvalue weighted by atomic mass is 10.2. The molecule has 3 aromatic rings. The van der Waals surface area contributed by atoms with Crippen LogP contribution in [0.5, 0.6) is 0 Å². The molecule has 3 rings (SSSR count). The third-order valence-electron chi connectivity index (χ3n) is 3.63. The molecule has 0 amide bonds. The molecule has 0 aliphatic rings. The van der Waals surface area contributed by atoms with Crippen LogP contribution in [0.1, 0.15) is 18.2 Å². The van der Waals surface area contributed by atoms with E-state index in [4.69, 9.17) is 23.2 Å². The Morgan fingerprint density at radius 2 is 1.92 bits per heavy atom. The average molecular weight is 362 g/mol. The first-order valence-electron chi connectivity index (χ1n) is 7.70. The number of halogens is 2. The summed E-state index contributed by atoms with van der Waals surface area (Å²) in [6, 6.07) is 7.57. The van der Waals surface area contributed by atoms with Crippen LogP contribution >= 0.6 is 23.2 Å². The highest BCUT2D eigenvalue weighted by atomic mass is 35.5. The summed E-state index contributed by atoms with van der Waals surface area (Å²) in [7, 11) is 0. The number of benzene rings is 1. The molecule has 1 aromatic carbocycles. The lowest BCUT2D eigenvalue weighted by Crippen LogP contribution is -2.08. The molecule has 0 spiro atoms. The van der Waals surface area contributed by atoms with Crippen LogP contribution in [0.25, 0.3) is 5.69 Å². The molecule has 0 bridgehead atoms. The molecule has 2 aromatic heterocycles. The zero-order chi connectivity index (χ0) is 16.9. The Balaban J connectivity index is 1.61. The normalized spacial score (nSPS) is 10.8. The molecule has 0 unspecified atom stereocenters. The van der Waals surface area contributed by atoms with Crippen LogP contribution in [0.3, 0.4) is 0 Å². The van der Waals surface area contributed by atoms with Crippen molar-refractivity contribution in [1.29, 1.82) is 0 Å². The van der Waals surface area contributed by atoms with Crippen LogP contribution in [-0.2, 0) is 12.8 Å². The standard InChI is InChI=1S/C17H17Cl2N5/c1-2-15-16(19)17(22-11-21-15)20-8-7-12-9-23-24(10-12)14-5-3-13(18)4-6-14/h3-6,9-11H,2,7-8H2,1H3,(H,20,21,22). The monoisotopic (exact) mass is 361 g/mol. The first kappa shape index (κ1) is 16.7. The molecule has 0 saturated carbocycles. The zero-order valence-corrected chi connectivity index (χ0v) is 14.7. The molecule has 0 radical (unpaired) electrons. The molecule has 1 N–H and O–H groups in total. The zero-order valence-electron chi connectivity index (χ0n) is 13.2. The van der Waals surface area contributed by atoms with Crippen molar-refractivity contribution in [3.05, 3.63) is 64.3 Å². The van der Waals surface area contributed by atoms with Gasteiger partial charge < -0.3 is 5.32 Å². The summed E-state index contributed by atoms with van der Waals surface area (Å²) in [5.74, 6) is 0.675. The molecule has 0 aliphatic heterocycles. The van der Waals surface area contributed by atoms with Crippen molar-refractivity contribution in [2.75, 3.05) is 11.9 Å². The molecular weight excluding hydrogens is 345 g/mol. The van der Waals surface area contributed by atoms with E-state index in [-0.39, 0.29) is 0 Å². The Hall–Kier alpha value is -2.11. The van der Waals surface area contributed by atoms with Crippen LogP contribution in [0.4, 0.5) is 5.82 Å². The minimum atomic E-state index is 0.594. The maximum atomic E-state index is 6.27. The second-order valence-corrected chi connectivity index (χ2v) is 6.10. The highest BCUT2D eigenvalue weighted by Gasteiger charge is 2.07. The van der Waals surface area contributed by atoms with Gasteiger partial charge in [0.2, 0.25) is 0 Å². The van der Waals surface area contributed by atoms with E-state index in [0.29, 0.717) is 22.4 Å². The van der Waals surface area contributed by atoms with E-state index in [1.807, 2.05) is 48.3 Å². The number of nitrogens with zero attached hydrogens (tertiary/aromatic N) is 4. The molecule has 24 heavy (non-hydrogen) atoms. The van der Waals surface area contributed by atoms with Crippen molar-refractivity contribution in [1.82, 2.24) is 19.7 Å². The summed E-state index contributed by atoms with van der Waals surface area (Å²) >= 11 is 12.2. The van der Waals surface area contributed by atoms with E-state index in [1.165, 1.54) is 6.33 Å². The number of hydrogen-bond donors (Lipinski definition) is 1. The predicted molar refractivity (Wildman–Crippen MR) is 97.2 cm³/mol. The highest BCUT2D eigenvalue weighted by molar-refractivity contribution is 6.33. The summed E-state index contributed by atoms with van der Waals surface area (Å²) in [6.45, 7) is 2.73. The fourth-order valence-corrected chi connectivity index (χ4v) is 2.75. The number of aromatic nitrogens is 4. The second-order valence-electron chi connectivity index (χ2n) is 5.28. The number of rotatable bonds is 6. The van der Waals surface area contributed by atoms with E-state index in [1.54, 1.807) is 0 Å². The van der Waals surface area contributed by atoms with Gasteiger partial charge in [0.15, 0.2) is 0 Å². The SMILES string of the molecule is CCc1ncnc(NCCc2cnn(-c3ccc(Cl)cc3)c2)c1Cl. The Kier molecular flexibility index (Phi) is 5.33. The maximum Gasteiger partial charge on any atom is 0.148 e. The smallest absolute Gasteiger partial charge is 0.148 e. The molecule has 0 fully saturated rings. The van der Waals surface area contributed by atoms with Crippen LogP contribution in [0.15, 0.2) is 43.0 Å². The van der Waals surface area contributed by atoms with Crippen LogP contribution in [0, 0.1) is 0 Å². The summed E-state index contributed by atoms with van der Waals surface area (Å²) < 4.78 is 1.83. The Morgan fingerprint density at radius 3 is 2.67 bits per heavy atom. The van der Waals surface area contributed by atoms with Crippen molar-refractivity contribution < 1.29 is 0 Å². The van der Waals surface area contributed by atoms with Crippen LogP contribution in [0.2, 0.25) is 10.0 Å². The third kappa shape index (κ3) is 3.86. The number of nitrogens with one attached hydrogen (secondary N) is 1. The average Bonchev–Trinajstić information content (AvgIpc) is 3.06. The van der Waals surface area contributed by atoms with Crippen molar-refractivity contribution >= 4 is 29.0 Å². The van der Waals surface area contributed by atoms with Crippen molar-refractivity contribution in [3.8, 4) is 5.69 Å². The Morgan fingerprint density at radius 1 is 1.12 bits per heavy atom. The molecule has 0 aliphatic carbocycles. The topological polar surface area (TPSA) is 55.6 Å². The molecule has 5 nitrogen and oxygen atoms in total. The van der Waals surface area contributed by atoms with Gasteiger partial charge in [-0.1, -0.05) is 30.1 Å². The lowest BCUT2D eigenvalue weighted by molar-refractivity contribution is 0.879.